The molecule has 1 aromatic rings. The zero-order valence-electron chi connectivity index (χ0n) is 14.3. The van der Waals surface area contributed by atoms with Crippen molar-refractivity contribution >= 4 is 11.9 Å². The molecule has 26 heavy (non-hydrogen) atoms. The molecule has 3 rings (SSSR count). The predicted molar refractivity (Wildman–Crippen MR) is 88.5 cm³/mol. The molecule has 2 fully saturated rings. The summed E-state index contributed by atoms with van der Waals surface area (Å²) in [6.45, 7) is 1.11. The molecule has 0 radical (unpaired) electrons. The highest BCUT2D eigenvalue weighted by Gasteiger charge is 2.49. The van der Waals surface area contributed by atoms with Gasteiger partial charge in [-0.05, 0) is 49.1 Å². The molecule has 0 spiro atoms. The Hall–Kier alpha value is -2.05. The van der Waals surface area contributed by atoms with E-state index in [1.165, 1.54) is 12.1 Å². The predicted octanol–water partition coefficient (Wildman–Crippen LogP) is 3.91. The maximum absolute atomic E-state index is 13.2. The van der Waals surface area contributed by atoms with Crippen LogP contribution >= 0.6 is 0 Å². The SMILES string of the molecule is O=C(O)CC[C@@H]1CCCN(C(=O)[C@H]2C[C@@H]2c2ccccc2C(F)(F)F)C1. The van der Waals surface area contributed by atoms with E-state index in [9.17, 15) is 22.8 Å². The first kappa shape index (κ1) is 18.7. The van der Waals surface area contributed by atoms with Gasteiger partial charge >= 0.3 is 12.1 Å². The molecule has 1 heterocycles. The van der Waals surface area contributed by atoms with E-state index in [2.05, 4.69) is 0 Å². The largest absolute Gasteiger partial charge is 0.481 e. The van der Waals surface area contributed by atoms with Crippen LogP contribution in [0.4, 0.5) is 13.2 Å². The molecule has 0 bridgehead atoms. The topological polar surface area (TPSA) is 57.6 Å². The van der Waals surface area contributed by atoms with Crippen LogP contribution in [0, 0.1) is 11.8 Å². The molecule has 0 aromatic heterocycles. The summed E-state index contributed by atoms with van der Waals surface area (Å²) >= 11 is 0. The molecule has 1 amide bonds. The number of alkyl halides is 3. The molecular weight excluding hydrogens is 347 g/mol. The highest BCUT2D eigenvalue weighted by molar-refractivity contribution is 5.83. The van der Waals surface area contributed by atoms with Crippen molar-refractivity contribution < 1.29 is 27.9 Å². The highest BCUT2D eigenvalue weighted by Crippen LogP contribution is 2.52. The summed E-state index contributed by atoms with van der Waals surface area (Å²) in [6.07, 6.45) is -1.65. The molecule has 1 saturated heterocycles. The number of carbonyl (C=O) groups is 2. The number of carbonyl (C=O) groups excluding carboxylic acids is 1. The number of carboxylic acids is 1. The van der Waals surface area contributed by atoms with E-state index in [0.717, 1.165) is 18.9 Å². The number of aliphatic carboxylic acids is 1. The van der Waals surface area contributed by atoms with Gasteiger partial charge < -0.3 is 10.0 Å². The lowest BCUT2D eigenvalue weighted by Crippen LogP contribution is -2.41. The van der Waals surface area contributed by atoms with Crippen molar-refractivity contribution in [1.29, 1.82) is 0 Å². The third-order valence-corrected chi connectivity index (χ3v) is 5.37. The van der Waals surface area contributed by atoms with Gasteiger partial charge in [-0.3, -0.25) is 9.59 Å². The van der Waals surface area contributed by atoms with Crippen molar-refractivity contribution in [2.24, 2.45) is 11.8 Å². The van der Waals surface area contributed by atoms with Crippen molar-refractivity contribution in [2.45, 2.75) is 44.2 Å². The maximum atomic E-state index is 13.2. The van der Waals surface area contributed by atoms with Crippen LogP contribution in [-0.4, -0.2) is 35.0 Å². The zero-order chi connectivity index (χ0) is 18.9. The molecule has 4 nitrogen and oxygen atoms in total. The van der Waals surface area contributed by atoms with Crippen LogP contribution in [-0.2, 0) is 15.8 Å². The van der Waals surface area contributed by atoms with Gasteiger partial charge in [0.25, 0.3) is 0 Å². The standard InChI is InChI=1S/C19H22F3NO3/c20-19(21,22)16-6-2-1-5-13(16)14-10-15(14)18(26)23-9-3-4-12(11-23)7-8-17(24)25/h1-2,5-6,12,14-15H,3-4,7-11H2,(H,24,25)/t12-,14+,15-/m0/s1. The van der Waals surface area contributed by atoms with Crippen LogP contribution < -0.4 is 0 Å². The van der Waals surface area contributed by atoms with E-state index in [0.29, 0.717) is 25.9 Å². The van der Waals surface area contributed by atoms with E-state index in [-0.39, 0.29) is 29.7 Å². The van der Waals surface area contributed by atoms with Crippen LogP contribution in [0.15, 0.2) is 24.3 Å². The summed E-state index contributed by atoms with van der Waals surface area (Å²) in [7, 11) is 0. The quantitative estimate of drug-likeness (QED) is 0.856. The Balaban J connectivity index is 1.63. The Labute approximate surface area is 150 Å². The van der Waals surface area contributed by atoms with Crippen LogP contribution in [0.25, 0.3) is 0 Å². The van der Waals surface area contributed by atoms with Gasteiger partial charge in [-0.15, -0.1) is 0 Å². The minimum atomic E-state index is -4.42. The van der Waals surface area contributed by atoms with Gasteiger partial charge in [0, 0.05) is 25.4 Å². The number of hydrogen-bond donors (Lipinski definition) is 1. The third kappa shape index (κ3) is 4.19. The summed E-state index contributed by atoms with van der Waals surface area (Å²) in [5, 5.41) is 8.80. The molecule has 1 aliphatic heterocycles. The van der Waals surface area contributed by atoms with Gasteiger partial charge in [-0.1, -0.05) is 18.2 Å². The molecule has 1 saturated carbocycles. The second-order valence-corrected chi connectivity index (χ2v) is 7.26. The van der Waals surface area contributed by atoms with E-state index in [1.54, 1.807) is 11.0 Å². The van der Waals surface area contributed by atoms with Gasteiger partial charge in [-0.25, -0.2) is 0 Å². The summed E-state index contributed by atoms with van der Waals surface area (Å²) in [6, 6.07) is 5.47. The van der Waals surface area contributed by atoms with Gasteiger partial charge in [0.15, 0.2) is 0 Å². The van der Waals surface area contributed by atoms with Crippen molar-refractivity contribution in [3.05, 3.63) is 35.4 Å². The smallest absolute Gasteiger partial charge is 0.416 e. The average Bonchev–Trinajstić information content (AvgIpc) is 3.39. The van der Waals surface area contributed by atoms with Crippen LogP contribution in [0.5, 0.6) is 0 Å². The number of piperidine rings is 1. The number of amides is 1. The first-order chi connectivity index (χ1) is 12.3. The van der Waals surface area contributed by atoms with Crippen LogP contribution in [0.3, 0.4) is 0 Å². The Morgan fingerprint density at radius 2 is 1.96 bits per heavy atom. The number of halogens is 3. The molecule has 3 atom stereocenters. The second kappa shape index (κ2) is 7.29. The lowest BCUT2D eigenvalue weighted by Gasteiger charge is -2.33. The number of nitrogens with zero attached hydrogens (tertiary/aromatic N) is 1. The minimum absolute atomic E-state index is 0.0811. The minimum Gasteiger partial charge on any atom is -0.481 e. The van der Waals surface area contributed by atoms with Gasteiger partial charge in [0.1, 0.15) is 0 Å². The Kier molecular flexibility index (Phi) is 5.25. The van der Waals surface area contributed by atoms with Gasteiger partial charge in [0.2, 0.25) is 5.91 Å². The van der Waals surface area contributed by atoms with Gasteiger partial charge in [0.05, 0.1) is 5.56 Å². The molecule has 1 aromatic carbocycles. The third-order valence-electron chi connectivity index (χ3n) is 5.37. The Bertz CT molecular complexity index is 689. The molecule has 0 unspecified atom stereocenters. The Morgan fingerprint density at radius 1 is 1.23 bits per heavy atom. The fourth-order valence-electron chi connectivity index (χ4n) is 3.95. The number of hydrogen-bond acceptors (Lipinski definition) is 2. The molecular formula is C19H22F3NO3. The lowest BCUT2D eigenvalue weighted by molar-refractivity contribution is -0.139. The van der Waals surface area contributed by atoms with Crippen molar-refractivity contribution in [3.8, 4) is 0 Å². The van der Waals surface area contributed by atoms with E-state index >= 15 is 0 Å². The second-order valence-electron chi connectivity index (χ2n) is 7.26. The number of benzene rings is 1. The molecule has 1 N–H and O–H groups in total. The first-order valence-electron chi connectivity index (χ1n) is 8.94. The maximum Gasteiger partial charge on any atom is 0.416 e. The van der Waals surface area contributed by atoms with Gasteiger partial charge in [-0.2, -0.15) is 13.2 Å². The summed E-state index contributed by atoms with van der Waals surface area (Å²) in [5.41, 5.74) is -0.448. The Morgan fingerprint density at radius 3 is 2.65 bits per heavy atom. The van der Waals surface area contributed by atoms with Crippen molar-refractivity contribution in [2.75, 3.05) is 13.1 Å². The molecule has 1 aliphatic carbocycles. The molecule has 142 valence electrons. The number of carboxylic acid groups (broad SMARTS) is 1. The highest BCUT2D eigenvalue weighted by atomic mass is 19.4. The van der Waals surface area contributed by atoms with E-state index in [1.807, 2.05) is 0 Å². The lowest BCUT2D eigenvalue weighted by atomic mass is 9.93. The first-order valence-corrected chi connectivity index (χ1v) is 8.94. The van der Waals surface area contributed by atoms with Crippen molar-refractivity contribution in [3.63, 3.8) is 0 Å². The zero-order valence-corrected chi connectivity index (χ0v) is 14.3. The summed E-state index contributed by atoms with van der Waals surface area (Å²) in [4.78, 5) is 25.2. The fraction of sp³-hybridized carbons (Fsp3) is 0.579. The van der Waals surface area contributed by atoms with E-state index < -0.39 is 23.6 Å². The number of likely N-dealkylation sites (tertiary alicyclic amines) is 1. The van der Waals surface area contributed by atoms with Crippen LogP contribution in [0.1, 0.15) is 49.1 Å². The van der Waals surface area contributed by atoms with Crippen molar-refractivity contribution in [1.82, 2.24) is 4.90 Å². The summed E-state index contributed by atoms with van der Waals surface area (Å²) in [5.74, 6) is -1.55. The molecule has 7 heteroatoms. The number of rotatable bonds is 5. The van der Waals surface area contributed by atoms with Crippen LogP contribution in [0.2, 0.25) is 0 Å². The summed E-state index contributed by atoms with van der Waals surface area (Å²) < 4.78 is 39.5. The monoisotopic (exact) mass is 369 g/mol. The normalized spacial score (nSPS) is 25.8. The fourth-order valence-corrected chi connectivity index (χ4v) is 3.95. The molecule has 2 aliphatic rings. The van der Waals surface area contributed by atoms with E-state index in [4.69, 9.17) is 5.11 Å². The average molecular weight is 369 g/mol.